The van der Waals surface area contributed by atoms with Crippen molar-refractivity contribution in [3.8, 4) is 0 Å². The highest BCUT2D eigenvalue weighted by atomic mass is 35.5. The van der Waals surface area contributed by atoms with Crippen LogP contribution in [-0.2, 0) is 0 Å². The monoisotopic (exact) mass is 393 g/mol. The molecular weight excluding hydrogens is 374 g/mol. The maximum Gasteiger partial charge on any atom is 0.276 e. The number of rotatable bonds is 5. The van der Waals surface area contributed by atoms with E-state index in [1.165, 1.54) is 18.5 Å². The largest absolute Gasteiger partial charge is 0.372 e. The van der Waals surface area contributed by atoms with Crippen LogP contribution in [0.5, 0.6) is 0 Å². The third-order valence-electron chi connectivity index (χ3n) is 4.63. The lowest BCUT2D eigenvalue weighted by Gasteiger charge is -2.17. The fourth-order valence-electron chi connectivity index (χ4n) is 3.15. The van der Waals surface area contributed by atoms with Gasteiger partial charge in [-0.05, 0) is 61.4 Å². The highest BCUT2D eigenvalue weighted by Crippen LogP contribution is 2.24. The Labute approximate surface area is 168 Å². The summed E-state index contributed by atoms with van der Waals surface area (Å²) in [4.78, 5) is 14.8. The average molecular weight is 394 g/mol. The van der Waals surface area contributed by atoms with Crippen LogP contribution in [-0.4, -0.2) is 29.2 Å². The highest BCUT2D eigenvalue weighted by molar-refractivity contribution is 6.33. The first-order valence-corrected chi connectivity index (χ1v) is 9.58. The van der Waals surface area contributed by atoms with Crippen LogP contribution in [0, 0.1) is 0 Å². The molecule has 142 valence electrons. The molecule has 0 saturated carbocycles. The molecule has 2 N–H and O–H groups in total. The third-order valence-corrected chi connectivity index (χ3v) is 4.96. The Hall–Kier alpha value is -3.12. The van der Waals surface area contributed by atoms with Gasteiger partial charge in [0.2, 0.25) is 0 Å². The van der Waals surface area contributed by atoms with E-state index < -0.39 is 0 Å². The van der Waals surface area contributed by atoms with Gasteiger partial charge in [-0.1, -0.05) is 23.7 Å². The fraction of sp³-hybridized carbons (Fsp3) is 0.190. The molecule has 0 aliphatic carbocycles. The average Bonchev–Trinajstić information content (AvgIpc) is 3.26. The van der Waals surface area contributed by atoms with Crippen LogP contribution in [0.1, 0.15) is 23.3 Å². The van der Waals surface area contributed by atoms with E-state index in [1.54, 1.807) is 18.2 Å². The van der Waals surface area contributed by atoms with Crippen molar-refractivity contribution in [2.75, 3.05) is 28.6 Å². The lowest BCUT2D eigenvalue weighted by Crippen LogP contribution is -2.18. The SMILES string of the molecule is O=C(Nc1ccc(N2CCCC2)cc1)c1ccc(Nc2ccccc2Cl)nn1. The van der Waals surface area contributed by atoms with Crippen LogP contribution in [0.3, 0.4) is 0 Å². The van der Waals surface area contributed by atoms with E-state index in [0.717, 1.165) is 24.5 Å². The van der Waals surface area contributed by atoms with Crippen molar-refractivity contribution in [3.63, 3.8) is 0 Å². The van der Waals surface area contributed by atoms with E-state index in [-0.39, 0.29) is 11.6 Å². The summed E-state index contributed by atoms with van der Waals surface area (Å²) < 4.78 is 0. The summed E-state index contributed by atoms with van der Waals surface area (Å²) in [5, 5.41) is 14.6. The molecule has 1 amide bonds. The number of amides is 1. The van der Waals surface area contributed by atoms with Crippen molar-refractivity contribution in [1.29, 1.82) is 0 Å². The van der Waals surface area contributed by atoms with Gasteiger partial charge in [-0.15, -0.1) is 10.2 Å². The van der Waals surface area contributed by atoms with E-state index in [0.29, 0.717) is 10.8 Å². The molecule has 0 bridgehead atoms. The minimum Gasteiger partial charge on any atom is -0.372 e. The van der Waals surface area contributed by atoms with Crippen LogP contribution in [0.25, 0.3) is 0 Å². The van der Waals surface area contributed by atoms with E-state index >= 15 is 0 Å². The number of nitrogens with one attached hydrogen (secondary N) is 2. The Morgan fingerprint density at radius 1 is 0.929 bits per heavy atom. The maximum atomic E-state index is 12.4. The number of benzene rings is 2. The van der Waals surface area contributed by atoms with Gasteiger partial charge in [0.05, 0.1) is 10.7 Å². The Morgan fingerprint density at radius 2 is 1.68 bits per heavy atom. The van der Waals surface area contributed by atoms with Gasteiger partial charge >= 0.3 is 0 Å². The number of halogens is 1. The van der Waals surface area contributed by atoms with Crippen LogP contribution in [0.2, 0.25) is 5.02 Å². The van der Waals surface area contributed by atoms with Crippen molar-refractivity contribution in [1.82, 2.24) is 10.2 Å². The lowest BCUT2D eigenvalue weighted by atomic mass is 10.2. The number of anilines is 4. The molecule has 1 aliphatic heterocycles. The summed E-state index contributed by atoms with van der Waals surface area (Å²) in [6, 6.07) is 18.6. The van der Waals surface area contributed by atoms with Crippen molar-refractivity contribution in [3.05, 3.63) is 71.4 Å². The summed E-state index contributed by atoms with van der Waals surface area (Å²) in [6.07, 6.45) is 2.47. The second-order valence-corrected chi connectivity index (χ2v) is 7.01. The van der Waals surface area contributed by atoms with Gasteiger partial charge in [0, 0.05) is 24.5 Å². The molecule has 1 aromatic heterocycles. The zero-order valence-corrected chi connectivity index (χ0v) is 16.0. The number of aromatic nitrogens is 2. The Bertz CT molecular complexity index is 953. The van der Waals surface area contributed by atoms with Gasteiger partial charge in [-0.25, -0.2) is 0 Å². The number of para-hydroxylation sites is 1. The predicted molar refractivity (Wildman–Crippen MR) is 113 cm³/mol. The molecule has 0 unspecified atom stereocenters. The van der Waals surface area contributed by atoms with E-state index in [9.17, 15) is 4.79 Å². The summed E-state index contributed by atoms with van der Waals surface area (Å²) in [6.45, 7) is 2.19. The lowest BCUT2D eigenvalue weighted by molar-refractivity contribution is 0.102. The molecule has 1 fully saturated rings. The van der Waals surface area contributed by atoms with Gasteiger partial charge in [0.1, 0.15) is 0 Å². The van der Waals surface area contributed by atoms with Gasteiger partial charge in [0.25, 0.3) is 5.91 Å². The fourth-order valence-corrected chi connectivity index (χ4v) is 3.33. The first-order chi connectivity index (χ1) is 13.7. The second-order valence-electron chi connectivity index (χ2n) is 6.60. The summed E-state index contributed by atoms with van der Waals surface area (Å²) in [7, 11) is 0. The number of hydrogen-bond donors (Lipinski definition) is 2. The summed E-state index contributed by atoms with van der Waals surface area (Å²) in [5.74, 6) is 0.213. The van der Waals surface area contributed by atoms with Crippen LogP contribution in [0.4, 0.5) is 22.9 Å². The molecule has 4 rings (SSSR count). The molecule has 7 heteroatoms. The topological polar surface area (TPSA) is 70.2 Å². The Balaban J connectivity index is 1.38. The van der Waals surface area contributed by atoms with Crippen molar-refractivity contribution in [2.24, 2.45) is 0 Å². The molecule has 6 nitrogen and oxygen atoms in total. The predicted octanol–water partition coefficient (Wildman–Crippen LogP) is 4.73. The minimum atomic E-state index is -0.300. The molecule has 0 atom stereocenters. The van der Waals surface area contributed by atoms with Crippen LogP contribution in [0.15, 0.2) is 60.7 Å². The smallest absolute Gasteiger partial charge is 0.276 e. The summed E-state index contributed by atoms with van der Waals surface area (Å²) >= 11 is 6.12. The number of carbonyl (C=O) groups is 1. The van der Waals surface area contributed by atoms with Crippen molar-refractivity contribution < 1.29 is 4.79 Å². The quantitative estimate of drug-likeness (QED) is 0.656. The first kappa shape index (κ1) is 18.3. The molecule has 0 radical (unpaired) electrons. The molecule has 28 heavy (non-hydrogen) atoms. The van der Waals surface area contributed by atoms with Gasteiger partial charge < -0.3 is 15.5 Å². The number of carbonyl (C=O) groups excluding carboxylic acids is 1. The van der Waals surface area contributed by atoms with E-state index in [1.807, 2.05) is 42.5 Å². The zero-order valence-electron chi connectivity index (χ0n) is 15.2. The maximum absolute atomic E-state index is 12.4. The second kappa shape index (κ2) is 8.27. The number of hydrogen-bond acceptors (Lipinski definition) is 5. The zero-order chi connectivity index (χ0) is 19.3. The summed E-state index contributed by atoms with van der Waals surface area (Å²) in [5.41, 5.74) is 2.89. The standard InChI is InChI=1S/C21H20ClN5O/c22-17-5-1-2-6-18(17)24-20-12-11-19(25-26-20)21(28)23-15-7-9-16(10-8-15)27-13-3-4-14-27/h1-2,5-12H,3-4,13-14H2,(H,23,28)(H,24,26). The molecule has 0 spiro atoms. The Kier molecular flexibility index (Phi) is 5.39. The third kappa shape index (κ3) is 4.23. The minimum absolute atomic E-state index is 0.244. The Morgan fingerprint density at radius 3 is 2.36 bits per heavy atom. The van der Waals surface area contributed by atoms with Crippen molar-refractivity contribution in [2.45, 2.75) is 12.8 Å². The first-order valence-electron chi connectivity index (χ1n) is 9.21. The van der Waals surface area contributed by atoms with Crippen LogP contribution < -0.4 is 15.5 Å². The van der Waals surface area contributed by atoms with E-state index in [4.69, 9.17) is 11.6 Å². The molecule has 1 aliphatic rings. The van der Waals surface area contributed by atoms with Crippen molar-refractivity contribution >= 4 is 40.4 Å². The molecule has 2 heterocycles. The molecule has 1 saturated heterocycles. The molecule has 2 aromatic carbocycles. The van der Waals surface area contributed by atoms with Gasteiger partial charge in [-0.2, -0.15) is 0 Å². The molecule has 3 aromatic rings. The van der Waals surface area contributed by atoms with Crippen LogP contribution >= 0.6 is 11.6 Å². The highest BCUT2D eigenvalue weighted by Gasteiger charge is 2.13. The normalized spacial score (nSPS) is 13.4. The number of nitrogens with zero attached hydrogens (tertiary/aromatic N) is 3. The van der Waals surface area contributed by atoms with Gasteiger partial charge in [0.15, 0.2) is 11.5 Å². The van der Waals surface area contributed by atoms with E-state index in [2.05, 4.69) is 25.7 Å². The van der Waals surface area contributed by atoms with Gasteiger partial charge in [-0.3, -0.25) is 4.79 Å². The molecular formula is C21H20ClN5O.